The lowest BCUT2D eigenvalue weighted by atomic mass is 10.1. The Balaban J connectivity index is 2.01. The normalized spacial score (nSPS) is 11.9. The summed E-state index contributed by atoms with van der Waals surface area (Å²) in [4.78, 5) is 23.8. The molecule has 0 radical (unpaired) electrons. The highest BCUT2D eigenvalue weighted by Gasteiger charge is 2.19. The van der Waals surface area contributed by atoms with Gasteiger partial charge in [0.05, 0.1) is 18.9 Å². The molecule has 2 rings (SSSR count). The number of carbonyl (C=O) groups excluding carboxylic acids is 1. The van der Waals surface area contributed by atoms with Gasteiger partial charge in [-0.05, 0) is 29.1 Å². The van der Waals surface area contributed by atoms with Crippen LogP contribution in [0.25, 0.3) is 0 Å². The van der Waals surface area contributed by atoms with Crippen molar-refractivity contribution < 1.29 is 14.7 Å². The van der Waals surface area contributed by atoms with Gasteiger partial charge in [-0.2, -0.15) is 0 Å². The SMILES string of the molecule is O=C(O)C[C@H](NC(=O)Cc1ccc(Cl)cc1)c1cccs1. The average molecular weight is 324 g/mol. The van der Waals surface area contributed by atoms with Gasteiger partial charge in [0.25, 0.3) is 0 Å². The first kappa shape index (κ1) is 15.5. The molecule has 1 aromatic carbocycles. The summed E-state index contributed by atoms with van der Waals surface area (Å²) in [6, 6.07) is 10.2. The molecule has 0 spiro atoms. The maximum atomic E-state index is 12.1. The van der Waals surface area contributed by atoms with Gasteiger partial charge < -0.3 is 10.4 Å². The molecule has 2 N–H and O–H groups in total. The molecule has 1 heterocycles. The number of nitrogens with one attached hydrogen (secondary N) is 1. The van der Waals surface area contributed by atoms with E-state index in [2.05, 4.69) is 5.32 Å². The molecule has 110 valence electrons. The van der Waals surface area contributed by atoms with Gasteiger partial charge in [-0.1, -0.05) is 29.8 Å². The molecule has 0 saturated carbocycles. The van der Waals surface area contributed by atoms with Crippen molar-refractivity contribution in [3.8, 4) is 0 Å². The monoisotopic (exact) mass is 323 g/mol. The Morgan fingerprint density at radius 1 is 1.24 bits per heavy atom. The zero-order valence-corrected chi connectivity index (χ0v) is 12.7. The molecule has 0 aliphatic rings. The van der Waals surface area contributed by atoms with Crippen LogP contribution in [0.3, 0.4) is 0 Å². The maximum Gasteiger partial charge on any atom is 0.305 e. The lowest BCUT2D eigenvalue weighted by molar-refractivity contribution is -0.137. The summed E-state index contributed by atoms with van der Waals surface area (Å²) in [5.74, 6) is -1.16. The van der Waals surface area contributed by atoms with Gasteiger partial charge in [0.1, 0.15) is 0 Å². The summed E-state index contributed by atoms with van der Waals surface area (Å²) >= 11 is 7.22. The fourth-order valence-electron chi connectivity index (χ4n) is 1.92. The zero-order valence-electron chi connectivity index (χ0n) is 11.1. The van der Waals surface area contributed by atoms with Crippen LogP contribution in [0, 0.1) is 0 Å². The van der Waals surface area contributed by atoms with Gasteiger partial charge in [0.15, 0.2) is 0 Å². The van der Waals surface area contributed by atoms with Crippen molar-refractivity contribution in [2.24, 2.45) is 0 Å². The van der Waals surface area contributed by atoms with E-state index in [1.54, 1.807) is 24.3 Å². The van der Waals surface area contributed by atoms with Crippen LogP contribution in [-0.2, 0) is 16.0 Å². The number of amides is 1. The van der Waals surface area contributed by atoms with E-state index in [-0.39, 0.29) is 18.7 Å². The van der Waals surface area contributed by atoms with Gasteiger partial charge in [0, 0.05) is 9.90 Å². The summed E-state index contributed by atoms with van der Waals surface area (Å²) in [6.45, 7) is 0. The zero-order chi connectivity index (χ0) is 15.2. The Hall–Kier alpha value is -1.85. The molecule has 1 amide bonds. The fraction of sp³-hybridized carbons (Fsp3) is 0.200. The molecule has 1 atom stereocenters. The number of carbonyl (C=O) groups is 2. The molecule has 21 heavy (non-hydrogen) atoms. The van der Waals surface area contributed by atoms with Crippen LogP contribution in [0.4, 0.5) is 0 Å². The van der Waals surface area contributed by atoms with Crippen molar-refractivity contribution in [2.75, 3.05) is 0 Å². The topological polar surface area (TPSA) is 66.4 Å². The van der Waals surface area contributed by atoms with Crippen LogP contribution in [0.15, 0.2) is 41.8 Å². The third-order valence-corrected chi connectivity index (χ3v) is 4.12. The number of benzene rings is 1. The molecule has 0 unspecified atom stereocenters. The Morgan fingerprint density at radius 2 is 1.95 bits per heavy atom. The highest BCUT2D eigenvalue weighted by atomic mass is 35.5. The molecule has 1 aromatic heterocycles. The first-order valence-electron chi connectivity index (χ1n) is 6.33. The molecule has 4 nitrogen and oxygen atoms in total. The lowest BCUT2D eigenvalue weighted by Gasteiger charge is -2.15. The molecular weight excluding hydrogens is 310 g/mol. The molecule has 6 heteroatoms. The highest BCUT2D eigenvalue weighted by molar-refractivity contribution is 7.10. The third kappa shape index (κ3) is 4.88. The van der Waals surface area contributed by atoms with E-state index in [9.17, 15) is 9.59 Å². The second-order valence-corrected chi connectivity index (χ2v) is 5.95. The van der Waals surface area contributed by atoms with E-state index >= 15 is 0 Å². The second-order valence-electron chi connectivity index (χ2n) is 4.54. The van der Waals surface area contributed by atoms with Crippen LogP contribution in [0.2, 0.25) is 5.02 Å². The molecule has 0 fully saturated rings. The quantitative estimate of drug-likeness (QED) is 0.857. The summed E-state index contributed by atoms with van der Waals surface area (Å²) in [6.07, 6.45) is 0.0610. The van der Waals surface area contributed by atoms with E-state index in [1.807, 2.05) is 17.5 Å². The summed E-state index contributed by atoms with van der Waals surface area (Å²) < 4.78 is 0. The largest absolute Gasteiger partial charge is 0.481 e. The molecule has 0 saturated heterocycles. The first-order chi connectivity index (χ1) is 10.0. The number of thiophene rings is 1. The van der Waals surface area contributed by atoms with Crippen LogP contribution in [-0.4, -0.2) is 17.0 Å². The highest BCUT2D eigenvalue weighted by Crippen LogP contribution is 2.22. The van der Waals surface area contributed by atoms with Gasteiger partial charge in [-0.25, -0.2) is 0 Å². The number of halogens is 1. The Morgan fingerprint density at radius 3 is 2.52 bits per heavy atom. The van der Waals surface area contributed by atoms with E-state index in [0.29, 0.717) is 5.02 Å². The third-order valence-electron chi connectivity index (χ3n) is 2.88. The van der Waals surface area contributed by atoms with Crippen molar-refractivity contribution in [3.05, 3.63) is 57.2 Å². The van der Waals surface area contributed by atoms with Crippen molar-refractivity contribution in [3.63, 3.8) is 0 Å². The van der Waals surface area contributed by atoms with Crippen molar-refractivity contribution in [2.45, 2.75) is 18.9 Å². The van der Waals surface area contributed by atoms with Gasteiger partial charge in [0.2, 0.25) is 5.91 Å². The van der Waals surface area contributed by atoms with Crippen molar-refractivity contribution in [1.82, 2.24) is 5.32 Å². The van der Waals surface area contributed by atoms with Crippen LogP contribution < -0.4 is 5.32 Å². The standard InChI is InChI=1S/C15H14ClNO3S/c16-11-5-3-10(4-6-11)8-14(18)17-12(9-15(19)20)13-2-1-7-21-13/h1-7,12H,8-9H2,(H,17,18)(H,19,20)/t12-/m0/s1. The first-order valence-corrected chi connectivity index (χ1v) is 7.59. The lowest BCUT2D eigenvalue weighted by Crippen LogP contribution is -2.30. The average Bonchev–Trinajstić information content (AvgIpc) is 2.94. The second kappa shape index (κ2) is 7.24. The van der Waals surface area contributed by atoms with Crippen LogP contribution in [0.5, 0.6) is 0 Å². The number of hydrogen-bond acceptors (Lipinski definition) is 3. The Labute approximate surface area is 131 Å². The number of carboxylic acid groups (broad SMARTS) is 1. The van der Waals surface area contributed by atoms with Crippen LogP contribution >= 0.6 is 22.9 Å². The Kier molecular flexibility index (Phi) is 5.36. The van der Waals surface area contributed by atoms with Crippen molar-refractivity contribution >= 4 is 34.8 Å². The summed E-state index contributed by atoms with van der Waals surface area (Å²) in [5, 5.41) is 14.2. The van der Waals surface area contributed by atoms with Gasteiger partial charge >= 0.3 is 5.97 Å². The predicted molar refractivity (Wildman–Crippen MR) is 82.6 cm³/mol. The number of aliphatic carboxylic acids is 1. The number of carboxylic acids is 1. The summed E-state index contributed by atoms with van der Waals surface area (Å²) in [5.41, 5.74) is 0.831. The van der Waals surface area contributed by atoms with E-state index in [4.69, 9.17) is 16.7 Å². The molecule has 0 bridgehead atoms. The number of hydrogen-bond donors (Lipinski definition) is 2. The Bertz CT molecular complexity index is 610. The van der Waals surface area contributed by atoms with E-state index < -0.39 is 12.0 Å². The minimum Gasteiger partial charge on any atom is -0.481 e. The summed E-state index contributed by atoms with van der Waals surface area (Å²) in [7, 11) is 0. The van der Waals surface area contributed by atoms with Crippen LogP contribution in [0.1, 0.15) is 22.9 Å². The predicted octanol–water partition coefficient (Wildman–Crippen LogP) is 3.28. The van der Waals surface area contributed by atoms with E-state index in [0.717, 1.165) is 10.4 Å². The molecular formula is C15H14ClNO3S. The van der Waals surface area contributed by atoms with Crippen molar-refractivity contribution in [1.29, 1.82) is 0 Å². The van der Waals surface area contributed by atoms with Gasteiger partial charge in [-0.15, -0.1) is 11.3 Å². The fourth-order valence-corrected chi connectivity index (χ4v) is 2.82. The molecule has 0 aliphatic carbocycles. The number of rotatable bonds is 6. The maximum absolute atomic E-state index is 12.1. The smallest absolute Gasteiger partial charge is 0.305 e. The minimum absolute atomic E-state index is 0.132. The molecule has 2 aromatic rings. The van der Waals surface area contributed by atoms with Gasteiger partial charge in [-0.3, -0.25) is 9.59 Å². The minimum atomic E-state index is -0.944. The van der Waals surface area contributed by atoms with E-state index in [1.165, 1.54) is 11.3 Å². The molecule has 0 aliphatic heterocycles.